The quantitative estimate of drug-likeness (QED) is 0.840. The van der Waals surface area contributed by atoms with Crippen molar-refractivity contribution < 1.29 is 4.79 Å². The van der Waals surface area contributed by atoms with Gasteiger partial charge in [-0.2, -0.15) is 5.26 Å². The van der Waals surface area contributed by atoms with Crippen LogP contribution in [-0.4, -0.2) is 42.5 Å². The maximum Gasteiger partial charge on any atom is 0.227 e. The Labute approximate surface area is 149 Å². The number of aromatic nitrogens is 1. The third-order valence-electron chi connectivity index (χ3n) is 4.39. The molecule has 2 heterocycles. The van der Waals surface area contributed by atoms with Crippen molar-refractivity contribution in [3.05, 3.63) is 22.8 Å². The van der Waals surface area contributed by atoms with Gasteiger partial charge in [-0.05, 0) is 24.8 Å². The average Bonchev–Trinajstić information content (AvgIpc) is 2.54. The van der Waals surface area contributed by atoms with E-state index in [0.29, 0.717) is 16.5 Å². The predicted octanol–water partition coefficient (Wildman–Crippen LogP) is 3.33. The number of amides is 1. The van der Waals surface area contributed by atoms with Gasteiger partial charge in [-0.1, -0.05) is 32.4 Å². The molecule has 6 heteroatoms. The Morgan fingerprint density at radius 3 is 2.58 bits per heavy atom. The number of anilines is 1. The topological polar surface area (TPSA) is 60.2 Å². The number of nitriles is 1. The number of rotatable bonds is 3. The first-order chi connectivity index (χ1) is 11.2. The lowest BCUT2D eigenvalue weighted by Gasteiger charge is -2.36. The van der Waals surface area contributed by atoms with Gasteiger partial charge in [-0.3, -0.25) is 4.79 Å². The van der Waals surface area contributed by atoms with Gasteiger partial charge < -0.3 is 9.80 Å². The Morgan fingerprint density at radius 2 is 2.08 bits per heavy atom. The molecule has 1 amide bonds. The lowest BCUT2D eigenvalue weighted by atomic mass is 9.92. The molecule has 1 aromatic rings. The van der Waals surface area contributed by atoms with E-state index in [-0.39, 0.29) is 11.3 Å². The maximum atomic E-state index is 12.3. The number of hydrogen-bond acceptors (Lipinski definition) is 4. The molecule has 1 aromatic heterocycles. The van der Waals surface area contributed by atoms with Crippen LogP contribution in [0.4, 0.5) is 5.82 Å². The molecule has 2 rings (SSSR count). The van der Waals surface area contributed by atoms with Gasteiger partial charge in [0.2, 0.25) is 5.91 Å². The summed E-state index contributed by atoms with van der Waals surface area (Å²) in [5.41, 5.74) is 0.135. The van der Waals surface area contributed by atoms with E-state index in [0.717, 1.165) is 38.3 Å². The summed E-state index contributed by atoms with van der Waals surface area (Å²) in [7, 11) is 1.89. The lowest BCUT2D eigenvalue weighted by Crippen LogP contribution is -2.43. The van der Waals surface area contributed by atoms with Crippen molar-refractivity contribution in [1.82, 2.24) is 9.88 Å². The van der Waals surface area contributed by atoms with Crippen molar-refractivity contribution in [3.63, 3.8) is 0 Å². The summed E-state index contributed by atoms with van der Waals surface area (Å²) in [6, 6.07) is 3.70. The molecule has 1 aliphatic rings. The van der Waals surface area contributed by atoms with E-state index in [9.17, 15) is 4.79 Å². The molecule has 1 aliphatic heterocycles. The highest BCUT2D eigenvalue weighted by Gasteiger charge is 2.28. The van der Waals surface area contributed by atoms with Crippen molar-refractivity contribution in [2.45, 2.75) is 33.6 Å². The summed E-state index contributed by atoms with van der Waals surface area (Å²) in [6.45, 7) is 8.37. The fraction of sp³-hybridized carbons (Fsp3) is 0.611. The second-order valence-corrected chi connectivity index (χ2v) is 7.91. The first-order valence-electron chi connectivity index (χ1n) is 8.28. The maximum absolute atomic E-state index is 12.3. The molecular weight excluding hydrogens is 324 g/mol. The largest absolute Gasteiger partial charge is 0.355 e. The van der Waals surface area contributed by atoms with E-state index in [2.05, 4.69) is 9.88 Å². The smallest absolute Gasteiger partial charge is 0.227 e. The van der Waals surface area contributed by atoms with Crippen LogP contribution in [0.25, 0.3) is 0 Å². The Balaban J connectivity index is 1.92. The molecule has 130 valence electrons. The molecular formula is C18H25ClN4O. The zero-order valence-corrected chi connectivity index (χ0v) is 15.6. The second kappa shape index (κ2) is 7.40. The van der Waals surface area contributed by atoms with Crippen LogP contribution in [0.5, 0.6) is 0 Å². The molecule has 0 saturated carbocycles. The highest BCUT2D eigenvalue weighted by Crippen LogP contribution is 2.29. The summed E-state index contributed by atoms with van der Waals surface area (Å²) in [5.74, 6) is 1.42. The van der Waals surface area contributed by atoms with Gasteiger partial charge in [0.05, 0.1) is 10.6 Å². The molecule has 0 N–H and O–H groups in total. The SMILES string of the molecule is CN(CC1CCN(c2ncc(C#N)cc2Cl)CC1)C(=O)C(C)(C)C. The molecule has 1 fully saturated rings. The fourth-order valence-electron chi connectivity index (χ4n) is 3.09. The van der Waals surface area contributed by atoms with E-state index < -0.39 is 0 Å². The summed E-state index contributed by atoms with van der Waals surface area (Å²) in [6.07, 6.45) is 3.56. The minimum Gasteiger partial charge on any atom is -0.355 e. The summed E-state index contributed by atoms with van der Waals surface area (Å²) in [4.78, 5) is 20.6. The summed E-state index contributed by atoms with van der Waals surface area (Å²) >= 11 is 6.25. The van der Waals surface area contributed by atoms with Gasteiger partial charge >= 0.3 is 0 Å². The van der Waals surface area contributed by atoms with Crippen LogP contribution in [0, 0.1) is 22.7 Å². The van der Waals surface area contributed by atoms with Gasteiger partial charge in [0.15, 0.2) is 0 Å². The Bertz CT molecular complexity index is 639. The first kappa shape index (κ1) is 18.5. The molecule has 0 radical (unpaired) electrons. The van der Waals surface area contributed by atoms with Gasteiger partial charge in [0.1, 0.15) is 11.9 Å². The Kier molecular flexibility index (Phi) is 5.71. The van der Waals surface area contributed by atoms with Crippen molar-refractivity contribution in [2.24, 2.45) is 11.3 Å². The molecule has 0 bridgehead atoms. The molecule has 5 nitrogen and oxygen atoms in total. The summed E-state index contributed by atoms with van der Waals surface area (Å²) < 4.78 is 0. The standard InChI is InChI=1S/C18H25ClN4O/c1-18(2,3)17(24)22(4)12-13-5-7-23(8-6-13)16-15(19)9-14(10-20)11-21-16/h9,11,13H,5-8,12H2,1-4H3. The third-order valence-corrected chi connectivity index (χ3v) is 4.66. The van der Waals surface area contributed by atoms with E-state index in [1.165, 1.54) is 0 Å². The molecule has 0 atom stereocenters. The van der Waals surface area contributed by atoms with Crippen LogP contribution in [0.2, 0.25) is 5.02 Å². The number of carbonyl (C=O) groups excluding carboxylic acids is 1. The van der Waals surface area contributed by atoms with Crippen LogP contribution < -0.4 is 4.90 Å². The fourth-order valence-corrected chi connectivity index (χ4v) is 3.38. The Morgan fingerprint density at radius 1 is 1.46 bits per heavy atom. The van der Waals surface area contributed by atoms with Crippen molar-refractivity contribution in [2.75, 3.05) is 31.6 Å². The molecule has 0 unspecified atom stereocenters. The zero-order valence-electron chi connectivity index (χ0n) is 14.8. The third kappa shape index (κ3) is 4.39. The molecule has 0 aliphatic carbocycles. The van der Waals surface area contributed by atoms with Gasteiger partial charge in [0, 0.05) is 38.3 Å². The van der Waals surface area contributed by atoms with E-state index in [1.54, 1.807) is 12.3 Å². The lowest BCUT2D eigenvalue weighted by molar-refractivity contribution is -0.138. The van der Waals surface area contributed by atoms with E-state index in [1.807, 2.05) is 38.8 Å². The highest BCUT2D eigenvalue weighted by molar-refractivity contribution is 6.33. The zero-order chi connectivity index (χ0) is 17.9. The number of nitrogens with zero attached hydrogens (tertiary/aromatic N) is 4. The normalized spacial score (nSPS) is 15.9. The van der Waals surface area contributed by atoms with Gasteiger partial charge in [-0.25, -0.2) is 4.98 Å². The monoisotopic (exact) mass is 348 g/mol. The number of carbonyl (C=O) groups is 1. The van der Waals surface area contributed by atoms with Crippen molar-refractivity contribution in [3.8, 4) is 6.07 Å². The van der Waals surface area contributed by atoms with E-state index in [4.69, 9.17) is 16.9 Å². The van der Waals surface area contributed by atoms with Crippen LogP contribution in [0.1, 0.15) is 39.2 Å². The van der Waals surface area contributed by atoms with Gasteiger partial charge in [0.25, 0.3) is 0 Å². The molecule has 0 spiro atoms. The number of piperidine rings is 1. The molecule has 1 saturated heterocycles. The van der Waals surface area contributed by atoms with Crippen LogP contribution in [-0.2, 0) is 4.79 Å². The molecule has 24 heavy (non-hydrogen) atoms. The summed E-state index contributed by atoms with van der Waals surface area (Å²) in [5, 5.41) is 9.41. The van der Waals surface area contributed by atoms with Crippen LogP contribution in [0.15, 0.2) is 12.3 Å². The average molecular weight is 349 g/mol. The van der Waals surface area contributed by atoms with Crippen molar-refractivity contribution >= 4 is 23.3 Å². The minimum atomic E-state index is -0.338. The first-order valence-corrected chi connectivity index (χ1v) is 8.66. The van der Waals surface area contributed by atoms with E-state index >= 15 is 0 Å². The van der Waals surface area contributed by atoms with Crippen LogP contribution >= 0.6 is 11.6 Å². The van der Waals surface area contributed by atoms with Gasteiger partial charge in [-0.15, -0.1) is 0 Å². The number of hydrogen-bond donors (Lipinski definition) is 0. The molecule has 0 aromatic carbocycles. The predicted molar refractivity (Wildman–Crippen MR) is 96.0 cm³/mol. The second-order valence-electron chi connectivity index (χ2n) is 7.51. The minimum absolute atomic E-state index is 0.182. The Hall–Kier alpha value is -1.80. The number of halogens is 1. The van der Waals surface area contributed by atoms with Crippen LogP contribution in [0.3, 0.4) is 0 Å². The van der Waals surface area contributed by atoms with Crippen molar-refractivity contribution in [1.29, 1.82) is 5.26 Å². The number of pyridine rings is 1. The highest BCUT2D eigenvalue weighted by atomic mass is 35.5.